The SMILES string of the molecule is O=C(N[C@@H](Cc1cncn1C(c1ccccc1)(c1ccccc1)c1ccccc1)C(=O)OCc1ccc(C(=O)O)cc1)OCC1c2ccccc2-c2ccccc21. The number of alkyl carbamates (subject to hydrolysis) is 1. The van der Waals surface area contributed by atoms with E-state index in [9.17, 15) is 19.5 Å². The molecule has 0 unspecified atom stereocenters. The molecule has 1 atom stereocenters. The summed E-state index contributed by atoms with van der Waals surface area (Å²) in [6, 6.07) is 51.4. The van der Waals surface area contributed by atoms with Gasteiger partial charge in [0.2, 0.25) is 0 Å². The van der Waals surface area contributed by atoms with Crippen LogP contribution in [-0.4, -0.2) is 45.3 Å². The van der Waals surface area contributed by atoms with Crippen molar-refractivity contribution in [2.24, 2.45) is 0 Å². The molecule has 1 aliphatic rings. The number of imidazole rings is 1. The first-order chi connectivity index (χ1) is 27.9. The second-order valence-electron chi connectivity index (χ2n) is 13.9. The lowest BCUT2D eigenvalue weighted by Crippen LogP contribution is -2.45. The Kier molecular flexibility index (Phi) is 10.4. The quantitative estimate of drug-likeness (QED) is 0.0894. The zero-order valence-corrected chi connectivity index (χ0v) is 30.9. The molecule has 0 spiro atoms. The van der Waals surface area contributed by atoms with Crippen LogP contribution in [0.2, 0.25) is 0 Å². The molecule has 9 heteroatoms. The minimum absolute atomic E-state index is 0.00916. The van der Waals surface area contributed by atoms with Gasteiger partial charge in [-0.3, -0.25) is 0 Å². The van der Waals surface area contributed by atoms with E-state index in [0.717, 1.165) is 38.9 Å². The number of ether oxygens (including phenoxy) is 2. The summed E-state index contributed by atoms with van der Waals surface area (Å²) in [6.07, 6.45) is 2.70. The number of aromatic nitrogens is 2. The van der Waals surface area contributed by atoms with Crippen LogP contribution < -0.4 is 5.32 Å². The summed E-state index contributed by atoms with van der Waals surface area (Å²) in [5, 5.41) is 12.2. The lowest BCUT2D eigenvalue weighted by atomic mass is 9.76. The van der Waals surface area contributed by atoms with Crippen molar-refractivity contribution in [1.82, 2.24) is 14.9 Å². The summed E-state index contributed by atoms with van der Waals surface area (Å²) >= 11 is 0. The molecule has 0 radical (unpaired) electrons. The van der Waals surface area contributed by atoms with Crippen molar-refractivity contribution in [3.8, 4) is 11.1 Å². The average molecular weight is 754 g/mol. The van der Waals surface area contributed by atoms with Crippen LogP contribution in [-0.2, 0) is 32.8 Å². The maximum Gasteiger partial charge on any atom is 0.407 e. The lowest BCUT2D eigenvalue weighted by Gasteiger charge is -2.39. The van der Waals surface area contributed by atoms with Gasteiger partial charge in [-0.25, -0.2) is 19.4 Å². The topological polar surface area (TPSA) is 120 Å². The number of amides is 1. The largest absolute Gasteiger partial charge is 0.478 e. The number of nitrogens with zero attached hydrogens (tertiary/aromatic N) is 2. The molecular weight excluding hydrogens is 715 g/mol. The molecule has 9 nitrogen and oxygen atoms in total. The normalized spacial score (nSPS) is 12.6. The van der Waals surface area contributed by atoms with Gasteiger partial charge in [0.1, 0.15) is 24.8 Å². The second-order valence-corrected chi connectivity index (χ2v) is 13.9. The summed E-state index contributed by atoms with van der Waals surface area (Å²) in [5.41, 5.74) is 7.69. The maximum atomic E-state index is 14.1. The van der Waals surface area contributed by atoms with Gasteiger partial charge in [-0.2, -0.15) is 0 Å². The van der Waals surface area contributed by atoms with E-state index in [2.05, 4.69) is 63.4 Å². The Morgan fingerprint density at radius 3 is 1.70 bits per heavy atom. The van der Waals surface area contributed by atoms with Crippen LogP contribution in [0.5, 0.6) is 0 Å². The second kappa shape index (κ2) is 16.2. The molecule has 1 amide bonds. The van der Waals surface area contributed by atoms with E-state index in [4.69, 9.17) is 9.47 Å². The molecule has 0 fully saturated rings. The Morgan fingerprint density at radius 2 is 1.18 bits per heavy atom. The number of hydrogen-bond acceptors (Lipinski definition) is 6. The molecule has 1 aromatic heterocycles. The first-order valence-corrected chi connectivity index (χ1v) is 18.7. The Labute approximate surface area is 330 Å². The van der Waals surface area contributed by atoms with Crippen LogP contribution in [0.25, 0.3) is 11.1 Å². The van der Waals surface area contributed by atoms with Crippen LogP contribution in [0, 0.1) is 0 Å². The van der Waals surface area contributed by atoms with Gasteiger partial charge in [0, 0.05) is 24.2 Å². The average Bonchev–Trinajstić information content (AvgIpc) is 3.86. The summed E-state index contributed by atoms with van der Waals surface area (Å²) in [5.74, 6) is -1.92. The van der Waals surface area contributed by atoms with Crippen molar-refractivity contribution in [3.63, 3.8) is 0 Å². The molecule has 57 heavy (non-hydrogen) atoms. The van der Waals surface area contributed by atoms with E-state index >= 15 is 0 Å². The zero-order valence-electron chi connectivity index (χ0n) is 30.9. The highest BCUT2D eigenvalue weighted by molar-refractivity contribution is 5.87. The number of carboxylic acids is 1. The molecule has 1 heterocycles. The molecule has 2 N–H and O–H groups in total. The molecule has 0 bridgehead atoms. The predicted molar refractivity (Wildman–Crippen MR) is 216 cm³/mol. The summed E-state index contributed by atoms with van der Waals surface area (Å²) in [6.45, 7) is -0.0720. The first kappa shape index (κ1) is 36.7. The fourth-order valence-corrected chi connectivity index (χ4v) is 7.91. The molecule has 0 saturated heterocycles. The zero-order chi connectivity index (χ0) is 39.2. The van der Waals surface area contributed by atoms with Crippen molar-refractivity contribution < 1.29 is 29.0 Å². The van der Waals surface area contributed by atoms with Gasteiger partial charge in [0.25, 0.3) is 0 Å². The Hall–Kier alpha value is -7.26. The third-order valence-electron chi connectivity index (χ3n) is 10.6. The number of hydrogen-bond donors (Lipinski definition) is 2. The Bertz CT molecular complexity index is 2360. The van der Waals surface area contributed by atoms with Crippen molar-refractivity contribution in [3.05, 3.63) is 221 Å². The highest BCUT2D eigenvalue weighted by atomic mass is 16.6. The number of carboxylic acid groups (broad SMARTS) is 1. The van der Waals surface area contributed by atoms with Gasteiger partial charge >= 0.3 is 18.0 Å². The number of carbonyl (C=O) groups excluding carboxylic acids is 2. The van der Waals surface area contributed by atoms with Crippen LogP contribution in [0.15, 0.2) is 176 Å². The van der Waals surface area contributed by atoms with E-state index in [1.807, 2.05) is 91.0 Å². The molecule has 0 saturated carbocycles. The fourth-order valence-electron chi connectivity index (χ4n) is 7.91. The van der Waals surface area contributed by atoms with Gasteiger partial charge in [-0.1, -0.05) is 152 Å². The van der Waals surface area contributed by atoms with Gasteiger partial charge in [0.05, 0.1) is 11.9 Å². The minimum atomic E-state index is -1.19. The van der Waals surface area contributed by atoms with Gasteiger partial charge in [-0.15, -0.1) is 0 Å². The number of aromatic carboxylic acids is 1. The van der Waals surface area contributed by atoms with Crippen LogP contribution in [0.3, 0.4) is 0 Å². The first-order valence-electron chi connectivity index (χ1n) is 18.7. The standard InChI is InChI=1S/C48H39N3O6/c52-45(53)34-26-24-33(25-27-34)30-56-46(54)44(50-47(55)57-31-43-41-22-12-10-20-39(41)40-21-11-13-23-42(40)43)28-38-29-49-32-51(38)48(35-14-4-1-5-15-35,36-16-6-2-7-17-36)37-18-8-3-9-19-37/h1-27,29,32,43-44H,28,30-31H2,(H,50,55)(H,52,53)/t44-/m0/s1. The highest BCUT2D eigenvalue weighted by Crippen LogP contribution is 2.45. The summed E-state index contributed by atoms with van der Waals surface area (Å²) in [7, 11) is 0. The molecule has 1 aliphatic carbocycles. The van der Waals surface area contributed by atoms with Crippen molar-refractivity contribution >= 4 is 18.0 Å². The van der Waals surface area contributed by atoms with E-state index in [1.54, 1.807) is 24.7 Å². The number of benzene rings is 6. The van der Waals surface area contributed by atoms with Gasteiger partial charge in [0.15, 0.2) is 0 Å². The molecular formula is C48H39N3O6. The van der Waals surface area contributed by atoms with Crippen LogP contribution >= 0.6 is 0 Å². The molecule has 282 valence electrons. The smallest absolute Gasteiger partial charge is 0.407 e. The number of rotatable bonds is 13. The number of nitrogens with one attached hydrogen (secondary N) is 1. The molecule has 8 rings (SSSR count). The lowest BCUT2D eigenvalue weighted by molar-refractivity contribution is -0.147. The molecule has 6 aromatic carbocycles. The number of carbonyl (C=O) groups is 3. The molecule has 7 aromatic rings. The van der Waals surface area contributed by atoms with E-state index in [1.165, 1.54) is 12.1 Å². The van der Waals surface area contributed by atoms with Crippen LogP contribution in [0.1, 0.15) is 55.4 Å². The van der Waals surface area contributed by atoms with Gasteiger partial charge < -0.3 is 24.5 Å². The van der Waals surface area contributed by atoms with Crippen LogP contribution in [0.4, 0.5) is 4.79 Å². The van der Waals surface area contributed by atoms with E-state index in [0.29, 0.717) is 11.3 Å². The summed E-state index contributed by atoms with van der Waals surface area (Å²) in [4.78, 5) is 43.9. The highest BCUT2D eigenvalue weighted by Gasteiger charge is 2.40. The van der Waals surface area contributed by atoms with Gasteiger partial charge in [-0.05, 0) is 56.6 Å². The van der Waals surface area contributed by atoms with Crippen molar-refractivity contribution in [2.75, 3.05) is 6.61 Å². The Morgan fingerprint density at radius 1 is 0.667 bits per heavy atom. The maximum absolute atomic E-state index is 14.1. The van der Waals surface area contributed by atoms with Crippen molar-refractivity contribution in [2.45, 2.75) is 30.5 Å². The fraction of sp³-hybridized carbons (Fsp3) is 0.125. The third kappa shape index (κ3) is 7.30. The van der Waals surface area contributed by atoms with Crippen molar-refractivity contribution in [1.29, 1.82) is 0 Å². The monoisotopic (exact) mass is 753 g/mol. The number of fused-ring (bicyclic) bond motifs is 3. The summed E-state index contributed by atoms with van der Waals surface area (Å²) < 4.78 is 13.8. The van der Waals surface area contributed by atoms with E-state index < -0.39 is 29.6 Å². The number of esters is 1. The van der Waals surface area contributed by atoms with E-state index in [-0.39, 0.29) is 31.1 Å². The predicted octanol–water partition coefficient (Wildman–Crippen LogP) is 8.61. The Balaban J connectivity index is 1.12. The minimum Gasteiger partial charge on any atom is -0.478 e. The molecule has 0 aliphatic heterocycles. The third-order valence-corrected chi connectivity index (χ3v) is 10.6.